The van der Waals surface area contributed by atoms with Crippen LogP contribution in [-0.4, -0.2) is 66.4 Å². The Balaban J connectivity index is 1.21. The van der Waals surface area contributed by atoms with Crippen molar-refractivity contribution >= 4 is 23.9 Å². The number of esters is 1. The number of carbonyl (C=O) groups is 4. The molecule has 0 saturated heterocycles. The summed E-state index contributed by atoms with van der Waals surface area (Å²) >= 11 is 0. The number of benzene rings is 3. The maximum Gasteiger partial charge on any atom is 0.407 e. The van der Waals surface area contributed by atoms with Crippen molar-refractivity contribution in [2.24, 2.45) is 5.92 Å². The van der Waals surface area contributed by atoms with Gasteiger partial charge in [0.2, 0.25) is 11.8 Å². The maximum atomic E-state index is 13.6. The second-order valence-electron chi connectivity index (χ2n) is 14.0. The zero-order chi connectivity index (χ0) is 37.6. The third kappa shape index (κ3) is 10.4. The van der Waals surface area contributed by atoms with Crippen LogP contribution in [0.25, 0.3) is 11.1 Å². The molecule has 0 aliphatic heterocycles. The second kappa shape index (κ2) is 19.0. The molecule has 3 aromatic carbocycles. The molecular formula is C43H51N3O7. The van der Waals surface area contributed by atoms with Crippen LogP contribution in [-0.2, 0) is 30.3 Å². The van der Waals surface area contributed by atoms with E-state index in [-0.39, 0.29) is 56.8 Å². The molecule has 280 valence electrons. The molecule has 0 radical (unpaired) electrons. The Labute approximate surface area is 312 Å². The van der Waals surface area contributed by atoms with Crippen molar-refractivity contribution in [1.29, 1.82) is 0 Å². The quantitative estimate of drug-likeness (QED) is 0.0862. The molecule has 0 unspecified atom stereocenters. The first-order valence-electron chi connectivity index (χ1n) is 18.5. The minimum atomic E-state index is -1.01. The standard InChI is InChI=1S/C43H51N3O7/c1-3-5-22-38(45-42(51)53-28-37-35-20-11-9-18-33(35)34-19-10-12-21-36(34)37)41(50)52-27-32(25-30-16-7-6-8-17-30)44-40(49)31(15-4-2)26-39(48)46-43(29-47)23-13-14-24-43/h3-4,6-12,16-21,31-32,37-38,47H,1-2,5,13-15,22-29H2,(H,44,49)(H,45,51)(H,46,48)/t31-,32+,38+/m1/s1. The highest BCUT2D eigenvalue weighted by Gasteiger charge is 2.36. The summed E-state index contributed by atoms with van der Waals surface area (Å²) < 4.78 is 11.5. The molecular weight excluding hydrogens is 670 g/mol. The van der Waals surface area contributed by atoms with Gasteiger partial charge in [0.25, 0.3) is 0 Å². The van der Waals surface area contributed by atoms with Gasteiger partial charge in [-0.3, -0.25) is 9.59 Å². The molecule has 3 aromatic rings. The van der Waals surface area contributed by atoms with Gasteiger partial charge in [0, 0.05) is 12.3 Å². The number of amides is 3. The molecule has 3 atom stereocenters. The fourth-order valence-corrected chi connectivity index (χ4v) is 7.40. The number of alkyl carbamates (subject to hydrolysis) is 1. The van der Waals surface area contributed by atoms with Gasteiger partial charge in [-0.2, -0.15) is 0 Å². The van der Waals surface area contributed by atoms with Gasteiger partial charge in [0.15, 0.2) is 0 Å². The first-order valence-corrected chi connectivity index (χ1v) is 18.5. The van der Waals surface area contributed by atoms with E-state index in [9.17, 15) is 24.3 Å². The van der Waals surface area contributed by atoms with E-state index in [0.717, 1.165) is 40.7 Å². The third-order valence-electron chi connectivity index (χ3n) is 10.2. The Morgan fingerprint density at radius 2 is 1.49 bits per heavy atom. The molecule has 5 rings (SSSR count). The van der Waals surface area contributed by atoms with E-state index in [1.807, 2.05) is 66.7 Å². The van der Waals surface area contributed by atoms with E-state index < -0.39 is 35.6 Å². The fourth-order valence-electron chi connectivity index (χ4n) is 7.40. The number of carbonyl (C=O) groups excluding carboxylic acids is 4. The Bertz CT molecular complexity index is 1690. The number of fused-ring (bicyclic) bond motifs is 3. The highest BCUT2D eigenvalue weighted by atomic mass is 16.6. The van der Waals surface area contributed by atoms with Gasteiger partial charge >= 0.3 is 12.1 Å². The average Bonchev–Trinajstić information content (AvgIpc) is 3.77. The van der Waals surface area contributed by atoms with E-state index in [0.29, 0.717) is 25.7 Å². The minimum absolute atomic E-state index is 0.0782. The lowest BCUT2D eigenvalue weighted by atomic mass is 9.95. The topological polar surface area (TPSA) is 143 Å². The van der Waals surface area contributed by atoms with Crippen LogP contribution in [0.1, 0.15) is 74.0 Å². The van der Waals surface area contributed by atoms with Gasteiger partial charge in [0.1, 0.15) is 19.3 Å². The highest BCUT2D eigenvalue weighted by molar-refractivity contribution is 5.86. The van der Waals surface area contributed by atoms with E-state index in [1.165, 1.54) is 0 Å². The van der Waals surface area contributed by atoms with Crippen molar-refractivity contribution in [3.05, 3.63) is 121 Å². The highest BCUT2D eigenvalue weighted by Crippen LogP contribution is 2.44. The molecule has 10 nitrogen and oxygen atoms in total. The van der Waals surface area contributed by atoms with E-state index in [1.54, 1.807) is 12.2 Å². The van der Waals surface area contributed by atoms with Crippen LogP contribution in [0, 0.1) is 5.92 Å². The molecule has 1 saturated carbocycles. The Kier molecular flexibility index (Phi) is 14.0. The third-order valence-corrected chi connectivity index (χ3v) is 10.2. The van der Waals surface area contributed by atoms with Crippen LogP contribution in [0.3, 0.4) is 0 Å². The Morgan fingerprint density at radius 1 is 0.849 bits per heavy atom. The zero-order valence-electron chi connectivity index (χ0n) is 30.3. The predicted octanol–water partition coefficient (Wildman–Crippen LogP) is 6.13. The van der Waals surface area contributed by atoms with Gasteiger partial charge < -0.3 is 30.5 Å². The predicted molar refractivity (Wildman–Crippen MR) is 204 cm³/mol. The molecule has 0 heterocycles. The van der Waals surface area contributed by atoms with E-state index in [4.69, 9.17) is 9.47 Å². The number of hydrogen-bond donors (Lipinski definition) is 4. The van der Waals surface area contributed by atoms with Crippen molar-refractivity contribution in [2.75, 3.05) is 19.8 Å². The summed E-state index contributed by atoms with van der Waals surface area (Å²) in [6.07, 6.45) is 6.98. The van der Waals surface area contributed by atoms with Crippen molar-refractivity contribution in [3.8, 4) is 11.1 Å². The monoisotopic (exact) mass is 721 g/mol. The maximum absolute atomic E-state index is 13.6. The van der Waals surface area contributed by atoms with Crippen LogP contribution in [0.2, 0.25) is 0 Å². The molecule has 4 N–H and O–H groups in total. The minimum Gasteiger partial charge on any atom is -0.462 e. The summed E-state index contributed by atoms with van der Waals surface area (Å²) in [5.74, 6) is -2.20. The van der Waals surface area contributed by atoms with Crippen molar-refractivity contribution < 1.29 is 33.8 Å². The smallest absolute Gasteiger partial charge is 0.407 e. The number of allylic oxidation sites excluding steroid dienone is 2. The van der Waals surface area contributed by atoms with Crippen LogP contribution < -0.4 is 16.0 Å². The van der Waals surface area contributed by atoms with Crippen molar-refractivity contribution in [3.63, 3.8) is 0 Å². The van der Waals surface area contributed by atoms with Crippen LogP contribution in [0.15, 0.2) is 104 Å². The molecule has 2 aliphatic rings. The lowest BCUT2D eigenvalue weighted by Crippen LogP contribution is -2.50. The summed E-state index contributed by atoms with van der Waals surface area (Å²) in [4.78, 5) is 53.3. The number of ether oxygens (including phenoxy) is 2. The van der Waals surface area contributed by atoms with Gasteiger partial charge in [-0.05, 0) is 66.3 Å². The summed E-state index contributed by atoms with van der Waals surface area (Å²) in [6, 6.07) is 23.9. The van der Waals surface area contributed by atoms with Crippen molar-refractivity contribution in [1.82, 2.24) is 16.0 Å². The van der Waals surface area contributed by atoms with Gasteiger partial charge in [-0.15, -0.1) is 13.2 Å². The fraction of sp³-hybridized carbons (Fsp3) is 0.395. The first-order chi connectivity index (χ1) is 25.8. The average molecular weight is 722 g/mol. The summed E-state index contributed by atoms with van der Waals surface area (Å²) in [7, 11) is 0. The normalized spacial score (nSPS) is 15.9. The SMILES string of the molecule is C=CCC[C@H](NC(=O)OCC1c2ccccc2-c2ccccc21)C(=O)OC[C@H](Cc1ccccc1)NC(=O)[C@H](CC=C)CC(=O)NC1(CO)CCCC1. The molecule has 2 aliphatic carbocycles. The number of hydrogen-bond acceptors (Lipinski definition) is 7. The summed E-state index contributed by atoms with van der Waals surface area (Å²) in [5.41, 5.74) is 4.65. The Morgan fingerprint density at radius 3 is 2.11 bits per heavy atom. The molecule has 53 heavy (non-hydrogen) atoms. The van der Waals surface area contributed by atoms with E-state index >= 15 is 0 Å². The van der Waals surface area contributed by atoms with Crippen LogP contribution in [0.5, 0.6) is 0 Å². The number of rotatable bonds is 19. The van der Waals surface area contributed by atoms with Gasteiger partial charge in [-0.1, -0.05) is 104 Å². The zero-order valence-corrected chi connectivity index (χ0v) is 30.3. The van der Waals surface area contributed by atoms with E-state index in [2.05, 4.69) is 41.2 Å². The van der Waals surface area contributed by atoms with Gasteiger partial charge in [0.05, 0.1) is 24.1 Å². The molecule has 0 spiro atoms. The summed E-state index contributed by atoms with van der Waals surface area (Å²) in [6.45, 7) is 7.31. The molecule has 3 amide bonds. The van der Waals surface area contributed by atoms with Crippen LogP contribution in [0.4, 0.5) is 4.79 Å². The lowest BCUT2D eigenvalue weighted by molar-refractivity contribution is -0.147. The molecule has 10 heteroatoms. The lowest BCUT2D eigenvalue weighted by Gasteiger charge is -2.29. The van der Waals surface area contributed by atoms with Crippen LogP contribution >= 0.6 is 0 Å². The Hall–Kier alpha value is -5.22. The molecule has 0 bridgehead atoms. The molecule has 1 fully saturated rings. The number of nitrogens with one attached hydrogen (secondary N) is 3. The number of aliphatic hydroxyl groups excluding tert-OH is 1. The van der Waals surface area contributed by atoms with Crippen molar-refractivity contribution in [2.45, 2.75) is 81.3 Å². The largest absolute Gasteiger partial charge is 0.462 e. The first kappa shape index (κ1) is 39.0. The number of aliphatic hydroxyl groups is 1. The summed E-state index contributed by atoms with van der Waals surface area (Å²) in [5, 5.41) is 18.6. The molecule has 0 aromatic heterocycles. The second-order valence-corrected chi connectivity index (χ2v) is 14.0. The van der Waals surface area contributed by atoms with Gasteiger partial charge in [-0.25, -0.2) is 9.59 Å².